The summed E-state index contributed by atoms with van der Waals surface area (Å²) in [7, 11) is 3.45. The zero-order valence-electron chi connectivity index (χ0n) is 17.7. The minimum absolute atomic E-state index is 0.136. The van der Waals surface area contributed by atoms with Crippen LogP contribution in [0, 0.1) is 5.92 Å². The number of aromatic nitrogens is 3. The largest absolute Gasteiger partial charge is 0.497 e. The third-order valence-corrected chi connectivity index (χ3v) is 5.48. The SMILES string of the molecule is COc1ccc(-c2nc3c(c(=O)c4ccccc4n3C)c(=O)n2CCC(C)C)cc1. The van der Waals surface area contributed by atoms with Crippen LogP contribution in [0.1, 0.15) is 20.3 Å². The Morgan fingerprint density at radius 2 is 1.73 bits per heavy atom. The molecule has 0 fully saturated rings. The lowest BCUT2D eigenvalue weighted by atomic mass is 10.1. The summed E-state index contributed by atoms with van der Waals surface area (Å²) in [6.45, 7) is 4.72. The number of hydrogen-bond acceptors (Lipinski definition) is 4. The van der Waals surface area contributed by atoms with Crippen LogP contribution in [-0.2, 0) is 13.6 Å². The van der Waals surface area contributed by atoms with Crippen molar-refractivity contribution >= 4 is 21.9 Å². The molecule has 0 radical (unpaired) electrons. The van der Waals surface area contributed by atoms with Crippen LogP contribution in [0.2, 0.25) is 0 Å². The predicted octanol–water partition coefficient (Wildman–Crippen LogP) is 3.97. The molecule has 0 saturated heterocycles. The number of benzene rings is 2. The lowest BCUT2D eigenvalue weighted by Crippen LogP contribution is -2.29. The van der Waals surface area contributed by atoms with Crippen LogP contribution < -0.4 is 15.7 Å². The van der Waals surface area contributed by atoms with E-state index in [0.717, 1.165) is 23.3 Å². The molecule has 30 heavy (non-hydrogen) atoms. The molecule has 0 saturated carbocycles. The van der Waals surface area contributed by atoms with Gasteiger partial charge in [0.1, 0.15) is 17.0 Å². The van der Waals surface area contributed by atoms with Gasteiger partial charge < -0.3 is 9.30 Å². The molecule has 0 N–H and O–H groups in total. The number of methoxy groups -OCH3 is 1. The van der Waals surface area contributed by atoms with Gasteiger partial charge in [0.15, 0.2) is 5.65 Å². The molecule has 0 aliphatic rings. The molecule has 0 bridgehead atoms. The highest BCUT2D eigenvalue weighted by molar-refractivity contribution is 5.91. The third-order valence-electron chi connectivity index (χ3n) is 5.48. The summed E-state index contributed by atoms with van der Waals surface area (Å²) < 4.78 is 8.72. The number of ether oxygens (including phenoxy) is 1. The van der Waals surface area contributed by atoms with Gasteiger partial charge in [-0.1, -0.05) is 26.0 Å². The van der Waals surface area contributed by atoms with E-state index >= 15 is 0 Å². The van der Waals surface area contributed by atoms with Crippen LogP contribution in [0.3, 0.4) is 0 Å². The maximum absolute atomic E-state index is 13.6. The van der Waals surface area contributed by atoms with Crippen molar-refractivity contribution in [2.24, 2.45) is 13.0 Å². The fourth-order valence-corrected chi connectivity index (χ4v) is 3.75. The van der Waals surface area contributed by atoms with Crippen molar-refractivity contribution in [3.8, 4) is 17.1 Å². The van der Waals surface area contributed by atoms with E-state index in [4.69, 9.17) is 9.72 Å². The molecule has 0 amide bonds. The Kier molecular flexibility index (Phi) is 5.16. The van der Waals surface area contributed by atoms with Gasteiger partial charge in [-0.2, -0.15) is 0 Å². The molecule has 2 aromatic heterocycles. The Balaban J connectivity index is 2.09. The van der Waals surface area contributed by atoms with Gasteiger partial charge in [0.05, 0.1) is 12.6 Å². The Hall–Kier alpha value is -3.41. The molecule has 6 heteroatoms. The molecular formula is C24H25N3O3. The second-order valence-corrected chi connectivity index (χ2v) is 7.91. The standard InChI is InChI=1S/C24H25N3O3/c1-15(2)13-14-27-22(16-9-11-17(30-4)12-10-16)25-23-20(24(27)29)21(28)18-7-5-6-8-19(18)26(23)3/h5-12,15H,13-14H2,1-4H3. The van der Waals surface area contributed by atoms with Crippen molar-refractivity contribution in [3.63, 3.8) is 0 Å². The van der Waals surface area contributed by atoms with Gasteiger partial charge in [-0.3, -0.25) is 14.2 Å². The highest BCUT2D eigenvalue weighted by atomic mass is 16.5. The number of fused-ring (bicyclic) bond motifs is 2. The topological polar surface area (TPSA) is 66.1 Å². The maximum atomic E-state index is 13.6. The van der Waals surface area contributed by atoms with Gasteiger partial charge in [0, 0.05) is 24.5 Å². The monoisotopic (exact) mass is 403 g/mol. The smallest absolute Gasteiger partial charge is 0.267 e. The average Bonchev–Trinajstić information content (AvgIpc) is 2.76. The minimum Gasteiger partial charge on any atom is -0.497 e. The lowest BCUT2D eigenvalue weighted by molar-refractivity contribution is 0.415. The first-order chi connectivity index (χ1) is 14.4. The molecule has 0 aliphatic carbocycles. The average molecular weight is 403 g/mol. The van der Waals surface area contributed by atoms with E-state index in [1.807, 2.05) is 54.1 Å². The summed E-state index contributed by atoms with van der Waals surface area (Å²) in [5.74, 6) is 1.70. The van der Waals surface area contributed by atoms with E-state index in [2.05, 4.69) is 13.8 Å². The van der Waals surface area contributed by atoms with Crippen LogP contribution >= 0.6 is 0 Å². The van der Waals surface area contributed by atoms with Crippen molar-refractivity contribution in [2.75, 3.05) is 7.11 Å². The summed E-state index contributed by atoms with van der Waals surface area (Å²) in [5, 5.41) is 0.663. The molecule has 154 valence electrons. The van der Waals surface area contributed by atoms with Gasteiger partial charge >= 0.3 is 0 Å². The molecule has 0 unspecified atom stereocenters. The highest BCUT2D eigenvalue weighted by Crippen LogP contribution is 2.23. The Morgan fingerprint density at radius 3 is 2.40 bits per heavy atom. The third kappa shape index (κ3) is 3.28. The highest BCUT2D eigenvalue weighted by Gasteiger charge is 2.19. The number of hydrogen-bond donors (Lipinski definition) is 0. The number of para-hydroxylation sites is 1. The molecule has 6 nitrogen and oxygen atoms in total. The van der Waals surface area contributed by atoms with Crippen molar-refractivity contribution in [2.45, 2.75) is 26.8 Å². The molecule has 0 atom stereocenters. The molecule has 4 rings (SSSR count). The van der Waals surface area contributed by atoms with E-state index in [1.54, 1.807) is 17.7 Å². The predicted molar refractivity (Wildman–Crippen MR) is 120 cm³/mol. The molecule has 0 aliphatic heterocycles. The van der Waals surface area contributed by atoms with E-state index in [-0.39, 0.29) is 16.4 Å². The first-order valence-electron chi connectivity index (χ1n) is 10.1. The number of nitrogens with zero attached hydrogens (tertiary/aromatic N) is 3. The Labute approximate surface area is 174 Å². The van der Waals surface area contributed by atoms with Crippen LogP contribution in [-0.4, -0.2) is 21.2 Å². The zero-order valence-corrected chi connectivity index (χ0v) is 17.7. The number of aryl methyl sites for hydroxylation is 1. The summed E-state index contributed by atoms with van der Waals surface area (Å²) >= 11 is 0. The van der Waals surface area contributed by atoms with Crippen molar-refractivity contribution < 1.29 is 4.74 Å². The van der Waals surface area contributed by atoms with Crippen molar-refractivity contribution in [3.05, 3.63) is 69.1 Å². The van der Waals surface area contributed by atoms with Gasteiger partial charge in [-0.25, -0.2) is 4.98 Å². The van der Waals surface area contributed by atoms with E-state index < -0.39 is 0 Å². The summed E-state index contributed by atoms with van der Waals surface area (Å²) in [6, 6.07) is 14.8. The fraction of sp³-hybridized carbons (Fsp3) is 0.292. The summed E-state index contributed by atoms with van der Waals surface area (Å²) in [4.78, 5) is 31.6. The molecule has 2 aromatic carbocycles. The first kappa shape index (κ1) is 19.9. The molecule has 0 spiro atoms. The first-order valence-corrected chi connectivity index (χ1v) is 10.1. The lowest BCUT2D eigenvalue weighted by Gasteiger charge is -2.17. The van der Waals surface area contributed by atoms with Gasteiger partial charge in [0.2, 0.25) is 5.43 Å². The normalized spacial score (nSPS) is 11.5. The Bertz CT molecular complexity index is 1350. The quantitative estimate of drug-likeness (QED) is 0.473. The van der Waals surface area contributed by atoms with Crippen LogP contribution in [0.4, 0.5) is 0 Å². The Morgan fingerprint density at radius 1 is 1.03 bits per heavy atom. The summed E-state index contributed by atoms with van der Waals surface area (Å²) in [6.07, 6.45) is 0.810. The van der Waals surface area contributed by atoms with Gasteiger partial charge in [-0.05, 0) is 48.7 Å². The van der Waals surface area contributed by atoms with E-state index in [1.165, 1.54) is 0 Å². The number of rotatable bonds is 5. The zero-order chi connectivity index (χ0) is 21.4. The second-order valence-electron chi connectivity index (χ2n) is 7.91. The van der Waals surface area contributed by atoms with E-state index in [0.29, 0.717) is 29.3 Å². The second kappa shape index (κ2) is 7.78. The fourth-order valence-electron chi connectivity index (χ4n) is 3.75. The molecule has 2 heterocycles. The summed E-state index contributed by atoms with van der Waals surface area (Å²) in [5.41, 5.74) is 1.39. The van der Waals surface area contributed by atoms with Crippen LogP contribution in [0.25, 0.3) is 33.3 Å². The van der Waals surface area contributed by atoms with Gasteiger partial charge in [0.25, 0.3) is 5.56 Å². The van der Waals surface area contributed by atoms with Crippen LogP contribution in [0.15, 0.2) is 58.1 Å². The number of pyridine rings is 1. The van der Waals surface area contributed by atoms with Gasteiger partial charge in [-0.15, -0.1) is 0 Å². The van der Waals surface area contributed by atoms with Crippen molar-refractivity contribution in [1.82, 2.24) is 14.1 Å². The van der Waals surface area contributed by atoms with Crippen molar-refractivity contribution in [1.29, 1.82) is 0 Å². The molecular weight excluding hydrogens is 378 g/mol. The van der Waals surface area contributed by atoms with E-state index in [9.17, 15) is 9.59 Å². The molecule has 4 aromatic rings. The minimum atomic E-state index is -0.294. The maximum Gasteiger partial charge on any atom is 0.267 e. The van der Waals surface area contributed by atoms with Crippen LogP contribution in [0.5, 0.6) is 5.75 Å².